The van der Waals surface area contributed by atoms with Crippen molar-refractivity contribution < 1.29 is 22.7 Å². The predicted octanol–water partition coefficient (Wildman–Crippen LogP) is 2.85. The zero-order valence-corrected chi connectivity index (χ0v) is 9.12. The summed E-state index contributed by atoms with van der Waals surface area (Å²) in [5, 5.41) is 0. The van der Waals surface area contributed by atoms with Crippen molar-refractivity contribution in [2.24, 2.45) is 0 Å². The van der Waals surface area contributed by atoms with Gasteiger partial charge in [-0.05, 0) is 24.1 Å². The van der Waals surface area contributed by atoms with Gasteiger partial charge in [0.1, 0.15) is 24.1 Å². The lowest BCUT2D eigenvalue weighted by Gasteiger charge is -2.15. The Kier molecular flexibility index (Phi) is 2.85. The zero-order valence-electron chi connectivity index (χ0n) is 9.12. The van der Waals surface area contributed by atoms with Gasteiger partial charge in [-0.15, -0.1) is 0 Å². The highest BCUT2D eigenvalue weighted by Crippen LogP contribution is 2.37. The van der Waals surface area contributed by atoms with Crippen molar-refractivity contribution in [1.82, 2.24) is 0 Å². The number of carbonyl (C=O) groups excluding carboxylic acids is 1. The molecule has 17 heavy (non-hydrogen) atoms. The fourth-order valence-corrected chi connectivity index (χ4v) is 1.98. The molecule has 5 heteroatoms. The molecule has 0 saturated carbocycles. The molecule has 1 aromatic carbocycles. The van der Waals surface area contributed by atoms with Crippen molar-refractivity contribution in [2.75, 3.05) is 0 Å². The van der Waals surface area contributed by atoms with Crippen LogP contribution in [0.4, 0.5) is 13.2 Å². The van der Waals surface area contributed by atoms with E-state index in [1.165, 1.54) is 18.2 Å². The van der Waals surface area contributed by atoms with E-state index in [4.69, 9.17) is 4.74 Å². The van der Waals surface area contributed by atoms with Crippen molar-refractivity contribution in [3.8, 4) is 5.75 Å². The van der Waals surface area contributed by atoms with Crippen LogP contribution in [-0.2, 0) is 11.2 Å². The smallest absolute Gasteiger partial charge is 0.402 e. The summed E-state index contributed by atoms with van der Waals surface area (Å²) in [7, 11) is 0. The summed E-state index contributed by atoms with van der Waals surface area (Å²) in [6.45, 7) is 1.85. The summed E-state index contributed by atoms with van der Waals surface area (Å²) >= 11 is 0. The van der Waals surface area contributed by atoms with Gasteiger partial charge in [0.05, 0.1) is 0 Å². The molecule has 0 amide bonds. The van der Waals surface area contributed by atoms with Crippen LogP contribution in [0.2, 0.25) is 0 Å². The Morgan fingerprint density at radius 2 is 2.18 bits per heavy atom. The molecule has 0 saturated heterocycles. The van der Waals surface area contributed by atoms with Crippen LogP contribution >= 0.6 is 0 Å². The molecule has 1 aromatic rings. The van der Waals surface area contributed by atoms with Crippen LogP contribution < -0.4 is 4.74 Å². The monoisotopic (exact) mass is 244 g/mol. The van der Waals surface area contributed by atoms with Gasteiger partial charge >= 0.3 is 6.18 Å². The van der Waals surface area contributed by atoms with E-state index in [1.54, 1.807) is 0 Å². The number of carbonyl (C=O) groups is 1. The summed E-state index contributed by atoms with van der Waals surface area (Å²) in [5.41, 5.74) is 0.704. The minimum atomic E-state index is -4.54. The molecule has 2 unspecified atom stereocenters. The molecular weight excluding hydrogens is 233 g/mol. The molecule has 0 spiro atoms. The number of hydrogen-bond acceptors (Lipinski definition) is 2. The minimum absolute atomic E-state index is 0.0241. The molecule has 0 aliphatic carbocycles. The van der Waals surface area contributed by atoms with Gasteiger partial charge in [0.2, 0.25) is 0 Å². The first-order chi connectivity index (χ1) is 7.91. The molecule has 92 valence electrons. The van der Waals surface area contributed by atoms with Gasteiger partial charge < -0.3 is 9.53 Å². The van der Waals surface area contributed by atoms with E-state index in [9.17, 15) is 18.0 Å². The summed E-state index contributed by atoms with van der Waals surface area (Å²) in [4.78, 5) is 10.6. The molecule has 0 radical (unpaired) electrons. The Balaban J connectivity index is 2.35. The molecule has 2 atom stereocenters. The van der Waals surface area contributed by atoms with E-state index in [2.05, 4.69) is 0 Å². The van der Waals surface area contributed by atoms with Crippen LogP contribution in [-0.4, -0.2) is 18.6 Å². The first-order valence-corrected chi connectivity index (χ1v) is 5.23. The van der Waals surface area contributed by atoms with Crippen LogP contribution in [0.1, 0.15) is 24.0 Å². The second kappa shape index (κ2) is 4.05. The van der Waals surface area contributed by atoms with Crippen LogP contribution in [0.5, 0.6) is 5.75 Å². The summed E-state index contributed by atoms with van der Waals surface area (Å²) in [5.74, 6) is -1.45. The molecule has 2 nitrogen and oxygen atoms in total. The quantitative estimate of drug-likeness (QED) is 0.748. The normalized spacial score (nSPS) is 20.6. The van der Waals surface area contributed by atoms with Crippen molar-refractivity contribution in [1.29, 1.82) is 0 Å². The van der Waals surface area contributed by atoms with E-state index in [-0.39, 0.29) is 18.0 Å². The highest BCUT2D eigenvalue weighted by molar-refractivity contribution is 5.64. The standard InChI is InChI=1S/C12H11F3O2/c1-7-4-9-5-8(2-3-11(9)17-7)10(6-16)12(13,14)15/h2-3,5-7,10H,4H2,1H3. The molecule has 1 aliphatic rings. The maximum atomic E-state index is 12.6. The van der Waals surface area contributed by atoms with Gasteiger partial charge in [-0.2, -0.15) is 13.2 Å². The number of halogens is 3. The average Bonchev–Trinajstić information content (AvgIpc) is 2.56. The SMILES string of the molecule is CC1Cc2cc(C(C=O)C(F)(F)F)ccc2O1. The van der Waals surface area contributed by atoms with E-state index in [0.717, 1.165) is 5.56 Å². The fraction of sp³-hybridized carbons (Fsp3) is 0.417. The Bertz CT molecular complexity index is 440. The van der Waals surface area contributed by atoms with Crippen molar-refractivity contribution in [3.63, 3.8) is 0 Å². The molecule has 0 fully saturated rings. The lowest BCUT2D eigenvalue weighted by atomic mass is 9.97. The summed E-state index contributed by atoms with van der Waals surface area (Å²) < 4.78 is 43.1. The van der Waals surface area contributed by atoms with E-state index >= 15 is 0 Å². The van der Waals surface area contributed by atoms with Crippen LogP contribution in [0.25, 0.3) is 0 Å². The highest BCUT2D eigenvalue weighted by atomic mass is 19.4. The van der Waals surface area contributed by atoms with Crippen molar-refractivity contribution in [3.05, 3.63) is 29.3 Å². The number of ether oxygens (including phenoxy) is 1. The van der Waals surface area contributed by atoms with E-state index in [0.29, 0.717) is 12.2 Å². The van der Waals surface area contributed by atoms with Crippen molar-refractivity contribution in [2.45, 2.75) is 31.5 Å². The fourth-order valence-electron chi connectivity index (χ4n) is 1.98. The Labute approximate surface area is 96.4 Å². The lowest BCUT2D eigenvalue weighted by Crippen LogP contribution is -2.22. The van der Waals surface area contributed by atoms with Gasteiger partial charge in [0.25, 0.3) is 0 Å². The van der Waals surface area contributed by atoms with Crippen molar-refractivity contribution >= 4 is 6.29 Å². The van der Waals surface area contributed by atoms with E-state index in [1.807, 2.05) is 6.92 Å². The topological polar surface area (TPSA) is 26.3 Å². The second-order valence-corrected chi connectivity index (χ2v) is 4.16. The first kappa shape index (κ1) is 12.0. The number of benzene rings is 1. The number of fused-ring (bicyclic) bond motifs is 1. The van der Waals surface area contributed by atoms with Gasteiger partial charge in [0.15, 0.2) is 0 Å². The maximum Gasteiger partial charge on any atom is 0.402 e. The van der Waals surface area contributed by atoms with Gasteiger partial charge in [-0.1, -0.05) is 12.1 Å². The largest absolute Gasteiger partial charge is 0.490 e. The van der Waals surface area contributed by atoms with Gasteiger partial charge in [-0.25, -0.2) is 0 Å². The second-order valence-electron chi connectivity index (χ2n) is 4.16. The summed E-state index contributed by atoms with van der Waals surface area (Å²) in [6, 6.07) is 4.20. The third kappa shape index (κ3) is 2.28. The molecule has 0 aromatic heterocycles. The van der Waals surface area contributed by atoms with Gasteiger partial charge in [0, 0.05) is 6.42 Å². The van der Waals surface area contributed by atoms with Crippen LogP contribution in [0.15, 0.2) is 18.2 Å². The van der Waals surface area contributed by atoms with Crippen LogP contribution in [0, 0.1) is 0 Å². The molecular formula is C12H11F3O2. The number of hydrogen-bond donors (Lipinski definition) is 0. The Morgan fingerprint density at radius 1 is 1.47 bits per heavy atom. The Morgan fingerprint density at radius 3 is 2.76 bits per heavy atom. The lowest BCUT2D eigenvalue weighted by molar-refractivity contribution is -0.155. The predicted molar refractivity (Wildman–Crippen MR) is 55.1 cm³/mol. The zero-order chi connectivity index (χ0) is 12.6. The molecule has 1 aliphatic heterocycles. The average molecular weight is 244 g/mol. The molecule has 0 bridgehead atoms. The number of alkyl halides is 3. The number of rotatable bonds is 2. The maximum absolute atomic E-state index is 12.6. The molecule has 1 heterocycles. The third-order valence-corrected chi connectivity index (χ3v) is 2.77. The van der Waals surface area contributed by atoms with Gasteiger partial charge in [-0.3, -0.25) is 0 Å². The Hall–Kier alpha value is -1.52. The van der Waals surface area contributed by atoms with E-state index < -0.39 is 12.1 Å². The summed E-state index contributed by atoms with van der Waals surface area (Å²) in [6.07, 6.45) is -4.06. The minimum Gasteiger partial charge on any atom is -0.490 e. The van der Waals surface area contributed by atoms with Crippen LogP contribution in [0.3, 0.4) is 0 Å². The third-order valence-electron chi connectivity index (χ3n) is 2.77. The molecule has 0 N–H and O–H groups in total. The highest BCUT2D eigenvalue weighted by Gasteiger charge is 2.41. The number of aldehydes is 1. The molecule has 2 rings (SSSR count). The first-order valence-electron chi connectivity index (χ1n) is 5.23.